The highest BCUT2D eigenvalue weighted by molar-refractivity contribution is 7.91. The van der Waals surface area contributed by atoms with Crippen LogP contribution in [0.1, 0.15) is 0 Å². The van der Waals surface area contributed by atoms with Crippen molar-refractivity contribution in [3.63, 3.8) is 0 Å². The Bertz CT molecular complexity index is 1550. The molecule has 10 heteroatoms. The minimum absolute atomic E-state index is 0.0609. The van der Waals surface area contributed by atoms with Gasteiger partial charge in [0.05, 0.1) is 17.6 Å². The summed E-state index contributed by atoms with van der Waals surface area (Å²) >= 11 is 0. The summed E-state index contributed by atoms with van der Waals surface area (Å²) in [7, 11) is -2.51. The summed E-state index contributed by atoms with van der Waals surface area (Å²) < 4.78 is 50.9. The molecular weight excluding hydrogens is 506 g/mol. The van der Waals surface area contributed by atoms with Crippen LogP contribution in [0, 0.1) is 0 Å². The molecule has 2 aliphatic heterocycles. The Labute approximate surface area is 221 Å². The van der Waals surface area contributed by atoms with E-state index in [0.29, 0.717) is 62.2 Å². The van der Waals surface area contributed by atoms with Gasteiger partial charge in [-0.3, -0.25) is 0 Å². The standard InChI is InChI=1S/C28H27N3O6S/c1-34-23-10-6-5-9-22(23)26-29-27(38(32,33)21-11-12-24-25(19-21)36-18-17-35-24)28(37-26)31-15-13-30(14-16-31)20-7-3-2-4-8-20/h2-12,19H,13-18H2,1H3. The Morgan fingerprint density at radius 1 is 0.816 bits per heavy atom. The summed E-state index contributed by atoms with van der Waals surface area (Å²) in [4.78, 5) is 8.81. The molecule has 1 saturated heterocycles. The Morgan fingerprint density at radius 2 is 1.50 bits per heavy atom. The van der Waals surface area contributed by atoms with Gasteiger partial charge in [0, 0.05) is 37.9 Å². The molecule has 0 amide bonds. The number of nitrogens with zero attached hydrogens (tertiary/aromatic N) is 3. The fourth-order valence-electron chi connectivity index (χ4n) is 4.72. The van der Waals surface area contributed by atoms with Gasteiger partial charge in [-0.05, 0) is 36.4 Å². The lowest BCUT2D eigenvalue weighted by molar-refractivity contribution is 0.171. The molecule has 0 saturated carbocycles. The van der Waals surface area contributed by atoms with Gasteiger partial charge in [0.2, 0.25) is 26.6 Å². The van der Waals surface area contributed by atoms with Crippen LogP contribution in [-0.2, 0) is 9.84 Å². The highest BCUT2D eigenvalue weighted by Gasteiger charge is 2.34. The van der Waals surface area contributed by atoms with Crippen molar-refractivity contribution < 1.29 is 27.0 Å². The molecule has 0 radical (unpaired) electrons. The number of methoxy groups -OCH3 is 1. The maximum absolute atomic E-state index is 14.0. The first kappa shape index (κ1) is 24.2. The molecule has 6 rings (SSSR count). The Hall–Kier alpha value is -4.18. The highest BCUT2D eigenvalue weighted by atomic mass is 32.2. The normalized spacial score (nSPS) is 15.4. The summed E-state index contributed by atoms with van der Waals surface area (Å²) in [5, 5.41) is -0.136. The molecule has 9 nitrogen and oxygen atoms in total. The predicted molar refractivity (Wildman–Crippen MR) is 142 cm³/mol. The second-order valence-corrected chi connectivity index (χ2v) is 10.8. The summed E-state index contributed by atoms with van der Waals surface area (Å²) in [6.45, 7) is 3.33. The largest absolute Gasteiger partial charge is 0.496 e. The highest BCUT2D eigenvalue weighted by Crippen LogP contribution is 2.40. The third kappa shape index (κ3) is 4.41. The number of anilines is 2. The van der Waals surface area contributed by atoms with E-state index in [0.717, 1.165) is 5.69 Å². The van der Waals surface area contributed by atoms with Gasteiger partial charge in [-0.2, -0.15) is 4.98 Å². The van der Waals surface area contributed by atoms with Crippen LogP contribution < -0.4 is 24.0 Å². The van der Waals surface area contributed by atoms with E-state index in [9.17, 15) is 8.42 Å². The quantitative estimate of drug-likeness (QED) is 0.360. The molecule has 38 heavy (non-hydrogen) atoms. The van der Waals surface area contributed by atoms with Crippen LogP contribution in [0.4, 0.5) is 11.6 Å². The average Bonchev–Trinajstić information content (AvgIpc) is 3.44. The van der Waals surface area contributed by atoms with E-state index in [4.69, 9.17) is 18.6 Å². The smallest absolute Gasteiger partial charge is 0.236 e. The van der Waals surface area contributed by atoms with Crippen molar-refractivity contribution in [2.24, 2.45) is 0 Å². The zero-order valence-electron chi connectivity index (χ0n) is 20.9. The molecule has 4 aromatic rings. The van der Waals surface area contributed by atoms with Gasteiger partial charge >= 0.3 is 0 Å². The fourth-order valence-corrected chi connectivity index (χ4v) is 6.05. The van der Waals surface area contributed by atoms with E-state index in [1.807, 2.05) is 35.2 Å². The second-order valence-electron chi connectivity index (χ2n) is 8.95. The van der Waals surface area contributed by atoms with Crippen LogP contribution in [0.25, 0.3) is 11.5 Å². The minimum Gasteiger partial charge on any atom is -0.496 e. The number of fused-ring (bicyclic) bond motifs is 1. The molecule has 0 atom stereocenters. The van der Waals surface area contributed by atoms with Gasteiger partial charge in [-0.1, -0.05) is 30.3 Å². The maximum atomic E-state index is 14.0. The molecule has 0 unspecified atom stereocenters. The van der Waals surface area contributed by atoms with Gasteiger partial charge in [-0.25, -0.2) is 8.42 Å². The van der Waals surface area contributed by atoms with E-state index in [-0.39, 0.29) is 21.7 Å². The van der Waals surface area contributed by atoms with Crippen molar-refractivity contribution in [3.8, 4) is 28.7 Å². The minimum atomic E-state index is -4.06. The molecule has 0 aliphatic carbocycles. The number of ether oxygens (including phenoxy) is 3. The zero-order chi connectivity index (χ0) is 26.1. The summed E-state index contributed by atoms with van der Waals surface area (Å²) in [5.41, 5.74) is 1.70. The number of hydrogen-bond donors (Lipinski definition) is 0. The second kappa shape index (κ2) is 9.94. The van der Waals surface area contributed by atoms with Gasteiger partial charge in [-0.15, -0.1) is 0 Å². The van der Waals surface area contributed by atoms with Crippen molar-refractivity contribution in [2.75, 3.05) is 56.3 Å². The van der Waals surface area contributed by atoms with Crippen LogP contribution in [0.5, 0.6) is 17.2 Å². The first-order chi connectivity index (χ1) is 18.5. The lowest BCUT2D eigenvalue weighted by atomic mass is 10.2. The third-order valence-electron chi connectivity index (χ3n) is 6.68. The van der Waals surface area contributed by atoms with E-state index < -0.39 is 9.84 Å². The molecule has 0 bridgehead atoms. The lowest BCUT2D eigenvalue weighted by Crippen LogP contribution is -2.46. The van der Waals surface area contributed by atoms with Gasteiger partial charge in [0.1, 0.15) is 19.0 Å². The zero-order valence-corrected chi connectivity index (χ0v) is 21.7. The van der Waals surface area contributed by atoms with Crippen molar-refractivity contribution in [3.05, 3.63) is 72.8 Å². The number of para-hydroxylation sites is 2. The summed E-state index contributed by atoms with van der Waals surface area (Å²) in [5.74, 6) is 1.84. The number of rotatable bonds is 6. The number of piperazine rings is 1. The van der Waals surface area contributed by atoms with E-state index in [2.05, 4.69) is 22.0 Å². The van der Waals surface area contributed by atoms with Crippen molar-refractivity contribution in [1.82, 2.24) is 4.98 Å². The molecule has 3 aromatic carbocycles. The Morgan fingerprint density at radius 3 is 2.26 bits per heavy atom. The van der Waals surface area contributed by atoms with Crippen LogP contribution in [0.3, 0.4) is 0 Å². The van der Waals surface area contributed by atoms with E-state index >= 15 is 0 Å². The summed E-state index contributed by atoms with van der Waals surface area (Å²) in [6, 6.07) is 22.0. The number of aromatic nitrogens is 1. The third-order valence-corrected chi connectivity index (χ3v) is 8.33. The molecule has 1 fully saturated rings. The van der Waals surface area contributed by atoms with Crippen LogP contribution in [0.15, 0.2) is 87.1 Å². The number of hydrogen-bond acceptors (Lipinski definition) is 9. The summed E-state index contributed by atoms with van der Waals surface area (Å²) in [6.07, 6.45) is 0. The van der Waals surface area contributed by atoms with Gasteiger partial charge in [0.15, 0.2) is 11.5 Å². The Balaban J connectivity index is 1.39. The SMILES string of the molecule is COc1ccccc1-c1nc(S(=O)(=O)c2ccc3c(c2)OCCO3)c(N2CCN(c3ccccc3)CC2)o1. The van der Waals surface area contributed by atoms with Crippen molar-refractivity contribution >= 4 is 21.4 Å². The van der Waals surface area contributed by atoms with E-state index in [1.54, 1.807) is 25.3 Å². The number of sulfone groups is 1. The number of oxazole rings is 1. The molecule has 196 valence electrons. The van der Waals surface area contributed by atoms with Crippen LogP contribution in [-0.4, -0.2) is 59.9 Å². The molecule has 0 spiro atoms. The lowest BCUT2D eigenvalue weighted by Gasteiger charge is -2.36. The Kier molecular flexibility index (Phi) is 6.32. The van der Waals surface area contributed by atoms with E-state index in [1.165, 1.54) is 12.1 Å². The average molecular weight is 534 g/mol. The van der Waals surface area contributed by atoms with Crippen molar-refractivity contribution in [1.29, 1.82) is 0 Å². The van der Waals surface area contributed by atoms with Crippen LogP contribution >= 0.6 is 0 Å². The molecule has 1 aromatic heterocycles. The van der Waals surface area contributed by atoms with Crippen LogP contribution in [0.2, 0.25) is 0 Å². The predicted octanol–water partition coefficient (Wildman–Crippen LogP) is 4.28. The molecule has 2 aliphatic rings. The van der Waals surface area contributed by atoms with Crippen molar-refractivity contribution in [2.45, 2.75) is 9.92 Å². The maximum Gasteiger partial charge on any atom is 0.236 e. The number of benzene rings is 3. The molecular formula is C28H27N3O6S. The van der Waals surface area contributed by atoms with Gasteiger partial charge < -0.3 is 28.4 Å². The van der Waals surface area contributed by atoms with Gasteiger partial charge in [0.25, 0.3) is 0 Å². The first-order valence-electron chi connectivity index (χ1n) is 12.4. The monoisotopic (exact) mass is 533 g/mol. The molecule has 0 N–H and O–H groups in total. The molecule has 3 heterocycles. The topological polar surface area (TPSA) is 94.3 Å². The fraction of sp³-hybridized carbons (Fsp3) is 0.250. The first-order valence-corrected chi connectivity index (χ1v) is 13.9.